The van der Waals surface area contributed by atoms with Gasteiger partial charge < -0.3 is 9.47 Å². The van der Waals surface area contributed by atoms with Gasteiger partial charge in [-0.05, 0) is 42.0 Å². The number of hydrogen-bond donors (Lipinski definition) is 0. The lowest BCUT2D eigenvalue weighted by molar-refractivity contribution is 0.0734. The van der Waals surface area contributed by atoms with Crippen LogP contribution < -0.4 is 5.56 Å². The number of pyridine rings is 1. The smallest absolute Gasteiger partial charge is 0.254 e. The van der Waals surface area contributed by atoms with Gasteiger partial charge in [0.1, 0.15) is 0 Å². The molecule has 3 rings (SSSR count). The SMILES string of the molecule is CSc1cccc(C(=O)N2CCc3cc(=O)n(C)cc3C2)c1. The Hall–Kier alpha value is -2.01. The highest BCUT2D eigenvalue weighted by atomic mass is 32.2. The van der Waals surface area contributed by atoms with Crippen LogP contribution in [0.1, 0.15) is 21.5 Å². The van der Waals surface area contributed by atoms with E-state index in [2.05, 4.69) is 0 Å². The summed E-state index contributed by atoms with van der Waals surface area (Å²) < 4.78 is 1.57. The van der Waals surface area contributed by atoms with E-state index in [1.54, 1.807) is 29.4 Å². The van der Waals surface area contributed by atoms with Crippen molar-refractivity contribution < 1.29 is 4.79 Å². The summed E-state index contributed by atoms with van der Waals surface area (Å²) in [5, 5.41) is 0. The lowest BCUT2D eigenvalue weighted by Crippen LogP contribution is -2.37. The van der Waals surface area contributed by atoms with E-state index in [0.29, 0.717) is 13.1 Å². The second kappa shape index (κ2) is 6.01. The van der Waals surface area contributed by atoms with Crippen LogP contribution in [0.2, 0.25) is 0 Å². The zero-order valence-corrected chi connectivity index (χ0v) is 13.5. The molecule has 1 aliphatic rings. The first kappa shape index (κ1) is 14.9. The molecule has 4 nitrogen and oxygen atoms in total. The fourth-order valence-electron chi connectivity index (χ4n) is 2.75. The van der Waals surface area contributed by atoms with E-state index >= 15 is 0 Å². The summed E-state index contributed by atoms with van der Waals surface area (Å²) in [6.45, 7) is 1.22. The molecule has 0 saturated heterocycles. The minimum absolute atomic E-state index is 0.00574. The van der Waals surface area contributed by atoms with Crippen molar-refractivity contribution in [1.29, 1.82) is 0 Å². The van der Waals surface area contributed by atoms with Gasteiger partial charge in [-0.15, -0.1) is 11.8 Å². The number of amides is 1. The summed E-state index contributed by atoms with van der Waals surface area (Å²) in [5.74, 6) is 0.0513. The maximum absolute atomic E-state index is 12.7. The second-order valence-electron chi connectivity index (χ2n) is 5.48. The first-order valence-electron chi connectivity index (χ1n) is 7.20. The summed E-state index contributed by atoms with van der Waals surface area (Å²) in [4.78, 5) is 27.3. The van der Waals surface area contributed by atoms with Crippen LogP contribution in [0.25, 0.3) is 0 Å². The number of hydrogen-bond acceptors (Lipinski definition) is 3. The Kier molecular flexibility index (Phi) is 4.07. The summed E-state index contributed by atoms with van der Waals surface area (Å²) in [7, 11) is 1.74. The van der Waals surface area contributed by atoms with Gasteiger partial charge in [-0.1, -0.05) is 6.07 Å². The van der Waals surface area contributed by atoms with Crippen molar-refractivity contribution in [2.45, 2.75) is 17.9 Å². The average molecular weight is 314 g/mol. The summed E-state index contributed by atoms with van der Waals surface area (Å²) in [6.07, 6.45) is 4.58. The van der Waals surface area contributed by atoms with Gasteiger partial charge in [0.2, 0.25) is 0 Å². The molecule has 2 heterocycles. The largest absolute Gasteiger partial charge is 0.334 e. The molecule has 0 spiro atoms. The number of carbonyl (C=O) groups is 1. The number of rotatable bonds is 2. The summed E-state index contributed by atoms with van der Waals surface area (Å²) >= 11 is 1.63. The van der Waals surface area contributed by atoms with E-state index in [0.717, 1.165) is 28.0 Å². The normalized spacial score (nSPS) is 13.8. The fraction of sp³-hybridized carbons (Fsp3) is 0.294. The van der Waals surface area contributed by atoms with Crippen molar-refractivity contribution in [2.24, 2.45) is 7.05 Å². The molecule has 0 unspecified atom stereocenters. The lowest BCUT2D eigenvalue weighted by atomic mass is 10.0. The van der Waals surface area contributed by atoms with Crippen LogP contribution in [0.5, 0.6) is 0 Å². The Labute approximate surface area is 133 Å². The molecule has 0 aliphatic carbocycles. The first-order valence-corrected chi connectivity index (χ1v) is 8.42. The first-order chi connectivity index (χ1) is 10.6. The number of aryl methyl sites for hydroxylation is 1. The molecule has 0 N–H and O–H groups in total. The van der Waals surface area contributed by atoms with Crippen molar-refractivity contribution in [1.82, 2.24) is 9.47 Å². The Bertz CT molecular complexity index is 782. The number of carbonyl (C=O) groups excluding carboxylic acids is 1. The number of nitrogens with zero attached hydrogens (tertiary/aromatic N) is 2. The number of aromatic nitrogens is 1. The molecule has 5 heteroatoms. The van der Waals surface area contributed by atoms with E-state index in [1.165, 1.54) is 0 Å². The molecule has 0 radical (unpaired) electrons. The predicted molar refractivity (Wildman–Crippen MR) is 88.4 cm³/mol. The van der Waals surface area contributed by atoms with Crippen LogP contribution >= 0.6 is 11.8 Å². The minimum Gasteiger partial charge on any atom is -0.334 e. The molecule has 1 amide bonds. The number of fused-ring (bicyclic) bond motifs is 1. The molecule has 22 heavy (non-hydrogen) atoms. The second-order valence-corrected chi connectivity index (χ2v) is 6.36. The molecule has 0 saturated carbocycles. The summed E-state index contributed by atoms with van der Waals surface area (Å²) in [6, 6.07) is 9.40. The lowest BCUT2D eigenvalue weighted by Gasteiger charge is -2.29. The maximum atomic E-state index is 12.7. The number of thioether (sulfide) groups is 1. The molecule has 0 bridgehead atoms. The third-order valence-electron chi connectivity index (χ3n) is 4.02. The van der Waals surface area contributed by atoms with Crippen molar-refractivity contribution in [2.75, 3.05) is 12.8 Å². The van der Waals surface area contributed by atoms with Gasteiger partial charge >= 0.3 is 0 Å². The Morgan fingerprint density at radius 1 is 1.23 bits per heavy atom. The fourth-order valence-corrected chi connectivity index (χ4v) is 3.21. The van der Waals surface area contributed by atoms with Crippen LogP contribution in [0.4, 0.5) is 0 Å². The zero-order chi connectivity index (χ0) is 15.7. The van der Waals surface area contributed by atoms with Crippen molar-refractivity contribution in [3.05, 3.63) is 63.6 Å². The number of benzene rings is 1. The van der Waals surface area contributed by atoms with Crippen molar-refractivity contribution >= 4 is 17.7 Å². The zero-order valence-electron chi connectivity index (χ0n) is 12.7. The predicted octanol–water partition coefficient (Wildman–Crippen LogP) is 2.31. The molecule has 1 aromatic heterocycles. The van der Waals surface area contributed by atoms with Gasteiger partial charge in [0.05, 0.1) is 0 Å². The summed E-state index contributed by atoms with van der Waals surface area (Å²) in [5.41, 5.74) is 2.85. The van der Waals surface area contributed by atoms with Gasteiger partial charge in [0.25, 0.3) is 11.5 Å². The van der Waals surface area contributed by atoms with Gasteiger partial charge in [-0.3, -0.25) is 9.59 Å². The highest BCUT2D eigenvalue weighted by Crippen LogP contribution is 2.21. The van der Waals surface area contributed by atoms with Gasteiger partial charge in [-0.2, -0.15) is 0 Å². The van der Waals surface area contributed by atoms with E-state index in [9.17, 15) is 9.59 Å². The molecular formula is C17H18N2O2S. The monoisotopic (exact) mass is 314 g/mol. The van der Waals surface area contributed by atoms with Crippen LogP contribution in [-0.4, -0.2) is 28.2 Å². The minimum atomic E-state index is 0.00574. The van der Waals surface area contributed by atoms with Crippen molar-refractivity contribution in [3.8, 4) is 0 Å². The third-order valence-corrected chi connectivity index (χ3v) is 4.75. The van der Waals surface area contributed by atoms with Gasteiger partial charge in [0, 0.05) is 42.9 Å². The van der Waals surface area contributed by atoms with E-state index in [1.807, 2.05) is 41.6 Å². The van der Waals surface area contributed by atoms with Crippen LogP contribution in [0, 0.1) is 0 Å². The Morgan fingerprint density at radius 2 is 2.05 bits per heavy atom. The Balaban J connectivity index is 1.86. The average Bonchev–Trinajstić information content (AvgIpc) is 2.55. The van der Waals surface area contributed by atoms with E-state index in [-0.39, 0.29) is 11.5 Å². The molecule has 114 valence electrons. The van der Waals surface area contributed by atoms with Crippen LogP contribution in [-0.2, 0) is 20.0 Å². The highest BCUT2D eigenvalue weighted by Gasteiger charge is 2.22. The molecule has 2 aromatic rings. The quantitative estimate of drug-likeness (QED) is 0.799. The molecule has 0 atom stereocenters. The Morgan fingerprint density at radius 3 is 2.82 bits per heavy atom. The van der Waals surface area contributed by atoms with Crippen LogP contribution in [0.15, 0.2) is 46.2 Å². The van der Waals surface area contributed by atoms with E-state index < -0.39 is 0 Å². The third kappa shape index (κ3) is 2.81. The molecule has 1 aliphatic heterocycles. The van der Waals surface area contributed by atoms with Gasteiger partial charge in [-0.25, -0.2) is 0 Å². The topological polar surface area (TPSA) is 42.3 Å². The van der Waals surface area contributed by atoms with Crippen molar-refractivity contribution in [3.63, 3.8) is 0 Å². The molecule has 1 aromatic carbocycles. The maximum Gasteiger partial charge on any atom is 0.254 e. The standard InChI is InChI=1S/C17H18N2O2S/c1-18-10-14-11-19(7-6-12(14)9-16(18)20)17(21)13-4-3-5-15(8-13)22-2/h3-5,8-10H,6-7,11H2,1-2H3. The highest BCUT2D eigenvalue weighted by molar-refractivity contribution is 7.98. The van der Waals surface area contributed by atoms with Gasteiger partial charge in [0.15, 0.2) is 0 Å². The van der Waals surface area contributed by atoms with E-state index in [4.69, 9.17) is 0 Å². The van der Waals surface area contributed by atoms with Crippen LogP contribution in [0.3, 0.4) is 0 Å². The molecular weight excluding hydrogens is 296 g/mol. The molecule has 0 fully saturated rings.